The second-order valence-corrected chi connectivity index (χ2v) is 7.23. The van der Waals surface area contributed by atoms with E-state index in [2.05, 4.69) is 15.9 Å². The van der Waals surface area contributed by atoms with Crippen LogP contribution in [-0.2, 0) is 25.8 Å². The van der Waals surface area contributed by atoms with Crippen molar-refractivity contribution in [3.63, 3.8) is 0 Å². The molecule has 2 rings (SSSR count). The Morgan fingerprint density at radius 2 is 2.05 bits per heavy atom. The fourth-order valence-corrected chi connectivity index (χ4v) is 3.78. The highest BCUT2D eigenvalue weighted by Gasteiger charge is 2.42. The Bertz CT molecular complexity index is 690. The first-order chi connectivity index (χ1) is 9.66. The summed E-state index contributed by atoms with van der Waals surface area (Å²) in [5, 5.41) is 0. The van der Waals surface area contributed by atoms with E-state index >= 15 is 0 Å². The van der Waals surface area contributed by atoms with Crippen molar-refractivity contribution in [3.8, 4) is 0 Å². The van der Waals surface area contributed by atoms with Crippen molar-refractivity contribution >= 4 is 31.7 Å². The van der Waals surface area contributed by atoms with Crippen LogP contribution in [0.4, 0.5) is 13.2 Å². The number of fused-ring (bicyclic) bond motifs is 1. The highest BCUT2D eigenvalue weighted by molar-refractivity contribution is 9.10. The number of benzene rings is 1. The molecule has 0 N–H and O–H groups in total. The van der Waals surface area contributed by atoms with Gasteiger partial charge in [0.05, 0.1) is 4.90 Å². The maximum Gasteiger partial charge on any atom is 0.341 e. The van der Waals surface area contributed by atoms with E-state index in [-0.39, 0.29) is 17.5 Å². The van der Waals surface area contributed by atoms with Gasteiger partial charge in [0.25, 0.3) is 0 Å². The summed E-state index contributed by atoms with van der Waals surface area (Å²) >= 11 is 3.12. The molecular formula is C12H10BrF3O4S. The summed E-state index contributed by atoms with van der Waals surface area (Å²) in [5.74, 6) is -4.46. The van der Waals surface area contributed by atoms with Crippen LogP contribution in [0.1, 0.15) is 24.2 Å². The van der Waals surface area contributed by atoms with E-state index in [1.807, 2.05) is 0 Å². The van der Waals surface area contributed by atoms with E-state index in [4.69, 9.17) is 4.74 Å². The third-order valence-electron chi connectivity index (χ3n) is 3.11. The van der Waals surface area contributed by atoms with Gasteiger partial charge in [0.1, 0.15) is 6.17 Å². The van der Waals surface area contributed by atoms with Crippen molar-refractivity contribution < 1.29 is 31.1 Å². The van der Waals surface area contributed by atoms with Gasteiger partial charge in [0.2, 0.25) is 9.84 Å². The van der Waals surface area contributed by atoms with Gasteiger partial charge in [-0.3, -0.25) is 4.79 Å². The molecule has 0 amide bonds. The molecule has 0 saturated heterocycles. The van der Waals surface area contributed by atoms with E-state index < -0.39 is 38.7 Å². The summed E-state index contributed by atoms with van der Waals surface area (Å²) in [4.78, 5) is 10.3. The quantitative estimate of drug-likeness (QED) is 0.749. The maximum absolute atomic E-state index is 14.0. The minimum atomic E-state index is -4.92. The molecule has 0 unspecified atom stereocenters. The lowest BCUT2D eigenvalue weighted by atomic mass is 10.1. The summed E-state index contributed by atoms with van der Waals surface area (Å²) in [6, 6.07) is 2.22. The molecule has 1 aromatic carbocycles. The molecule has 1 aliphatic carbocycles. The zero-order valence-electron chi connectivity index (χ0n) is 10.6. The fourth-order valence-electron chi connectivity index (χ4n) is 2.27. The number of sulfone groups is 1. The second-order valence-electron chi connectivity index (χ2n) is 4.49. The lowest BCUT2D eigenvalue weighted by Gasteiger charge is -2.17. The molecule has 1 aromatic rings. The highest BCUT2D eigenvalue weighted by atomic mass is 79.9. The van der Waals surface area contributed by atoms with Crippen molar-refractivity contribution in [2.45, 2.75) is 36.3 Å². The third-order valence-corrected chi connectivity index (χ3v) is 5.29. The van der Waals surface area contributed by atoms with E-state index in [0.717, 1.165) is 13.0 Å². The van der Waals surface area contributed by atoms with Crippen molar-refractivity contribution in [1.82, 2.24) is 0 Å². The summed E-state index contributed by atoms with van der Waals surface area (Å²) in [6.45, 7) is 1.03. The van der Waals surface area contributed by atoms with Gasteiger partial charge in [-0.2, -0.15) is 8.78 Å². The number of carbonyl (C=O) groups is 1. The molecule has 0 aliphatic heterocycles. The van der Waals surface area contributed by atoms with E-state index in [0.29, 0.717) is 4.47 Å². The van der Waals surface area contributed by atoms with Gasteiger partial charge in [-0.15, -0.1) is 0 Å². The largest absolute Gasteiger partial charge is 0.454 e. The van der Waals surface area contributed by atoms with Crippen LogP contribution in [0.25, 0.3) is 0 Å². The van der Waals surface area contributed by atoms with Gasteiger partial charge in [0, 0.05) is 23.4 Å². The normalized spacial score (nSPS) is 21.4. The predicted octanol–water partition coefficient (Wildman–Crippen LogP) is 2.94. The number of ether oxygens (including phenoxy) is 1. The zero-order valence-corrected chi connectivity index (χ0v) is 13.0. The standard InChI is InChI=1S/C12H10BrF3O4S/c1-5(17)20-11-8(14)4-6-7(13)2-3-9(10(6)11)21(18,19)12(15)16/h2-3,8,11-12H,4H2,1H3/t8-,11-/m1/s1. The third kappa shape index (κ3) is 2.80. The number of hydrogen-bond donors (Lipinski definition) is 0. The Morgan fingerprint density at radius 1 is 1.43 bits per heavy atom. The number of halogens is 4. The Labute approximate surface area is 127 Å². The summed E-state index contributed by atoms with van der Waals surface area (Å²) in [6.07, 6.45) is -3.41. The summed E-state index contributed by atoms with van der Waals surface area (Å²) < 4.78 is 68.1. The molecular weight excluding hydrogens is 377 g/mol. The minimum Gasteiger partial charge on any atom is -0.454 e. The van der Waals surface area contributed by atoms with Gasteiger partial charge in [0.15, 0.2) is 6.10 Å². The number of alkyl halides is 3. The molecule has 2 atom stereocenters. The first kappa shape index (κ1) is 16.3. The van der Waals surface area contributed by atoms with Crippen molar-refractivity contribution in [2.24, 2.45) is 0 Å². The van der Waals surface area contributed by atoms with Gasteiger partial charge >= 0.3 is 11.7 Å². The van der Waals surface area contributed by atoms with Crippen LogP contribution in [0.5, 0.6) is 0 Å². The Kier molecular flexibility index (Phi) is 4.34. The first-order valence-electron chi connectivity index (χ1n) is 5.81. The topological polar surface area (TPSA) is 60.4 Å². The molecule has 1 aliphatic rings. The SMILES string of the molecule is CC(=O)O[C@H]1c2c(S(=O)(=O)C(F)F)ccc(Br)c2C[C@H]1F. The minimum absolute atomic E-state index is 0.215. The fraction of sp³-hybridized carbons (Fsp3) is 0.417. The zero-order chi connectivity index (χ0) is 15.9. The van der Waals surface area contributed by atoms with Crippen LogP contribution < -0.4 is 0 Å². The van der Waals surface area contributed by atoms with Crippen LogP contribution in [-0.4, -0.2) is 26.3 Å². The Balaban J connectivity index is 2.68. The van der Waals surface area contributed by atoms with E-state index in [9.17, 15) is 26.4 Å². The van der Waals surface area contributed by atoms with E-state index in [1.54, 1.807) is 0 Å². The Hall–Kier alpha value is -1.09. The van der Waals surface area contributed by atoms with Gasteiger partial charge < -0.3 is 4.74 Å². The first-order valence-corrected chi connectivity index (χ1v) is 8.14. The van der Waals surface area contributed by atoms with E-state index in [1.165, 1.54) is 6.07 Å². The molecule has 116 valence electrons. The second kappa shape index (κ2) is 5.60. The monoisotopic (exact) mass is 386 g/mol. The molecule has 0 aromatic heterocycles. The summed E-state index contributed by atoms with van der Waals surface area (Å²) in [7, 11) is -4.92. The van der Waals surface area contributed by atoms with Crippen LogP contribution in [0.3, 0.4) is 0 Å². The number of rotatable bonds is 3. The lowest BCUT2D eigenvalue weighted by molar-refractivity contribution is -0.149. The molecule has 0 heterocycles. The molecule has 9 heteroatoms. The molecule has 21 heavy (non-hydrogen) atoms. The molecule has 4 nitrogen and oxygen atoms in total. The number of carbonyl (C=O) groups excluding carboxylic acids is 1. The highest BCUT2D eigenvalue weighted by Crippen LogP contribution is 2.44. The van der Waals surface area contributed by atoms with Crippen LogP contribution >= 0.6 is 15.9 Å². The maximum atomic E-state index is 14.0. The molecule has 0 fully saturated rings. The molecule has 0 radical (unpaired) electrons. The molecule has 0 bridgehead atoms. The lowest BCUT2D eigenvalue weighted by Crippen LogP contribution is -2.19. The van der Waals surface area contributed by atoms with Crippen LogP contribution in [0.15, 0.2) is 21.5 Å². The Morgan fingerprint density at radius 3 is 2.57 bits per heavy atom. The van der Waals surface area contributed by atoms with Crippen LogP contribution in [0, 0.1) is 0 Å². The summed E-state index contributed by atoms with van der Waals surface area (Å²) in [5.41, 5.74) is 0.00264. The average Bonchev–Trinajstić information content (AvgIpc) is 2.67. The molecule has 0 saturated carbocycles. The van der Waals surface area contributed by atoms with Gasteiger partial charge in [-0.25, -0.2) is 12.8 Å². The van der Waals surface area contributed by atoms with Crippen molar-refractivity contribution in [3.05, 3.63) is 27.7 Å². The predicted molar refractivity (Wildman–Crippen MR) is 70.4 cm³/mol. The van der Waals surface area contributed by atoms with Gasteiger partial charge in [-0.05, 0) is 17.7 Å². The average molecular weight is 387 g/mol. The van der Waals surface area contributed by atoms with Crippen molar-refractivity contribution in [1.29, 1.82) is 0 Å². The van der Waals surface area contributed by atoms with Crippen LogP contribution in [0.2, 0.25) is 0 Å². The number of hydrogen-bond acceptors (Lipinski definition) is 4. The smallest absolute Gasteiger partial charge is 0.341 e. The molecule has 0 spiro atoms. The van der Waals surface area contributed by atoms with Gasteiger partial charge in [-0.1, -0.05) is 15.9 Å². The number of esters is 1. The van der Waals surface area contributed by atoms with Crippen molar-refractivity contribution in [2.75, 3.05) is 0 Å².